The summed E-state index contributed by atoms with van der Waals surface area (Å²) < 4.78 is 31.8. The number of phenols is 1. The summed E-state index contributed by atoms with van der Waals surface area (Å²) in [5.74, 6) is -4.30. The Hall–Kier alpha value is -2.65. The molecule has 9 heteroatoms. The van der Waals surface area contributed by atoms with E-state index in [-0.39, 0.29) is 5.39 Å². The summed E-state index contributed by atoms with van der Waals surface area (Å²) in [7, 11) is -4.78. The molecule has 0 aliphatic heterocycles. The molecule has 0 radical (unpaired) electrons. The van der Waals surface area contributed by atoms with Crippen molar-refractivity contribution in [3.05, 3.63) is 35.4 Å². The third-order valence-electron chi connectivity index (χ3n) is 2.81. The first kappa shape index (κ1) is 14.8. The van der Waals surface area contributed by atoms with Crippen LogP contribution in [0.15, 0.2) is 29.2 Å². The van der Waals surface area contributed by atoms with Crippen molar-refractivity contribution < 1.29 is 37.9 Å². The minimum Gasteiger partial charge on any atom is -0.507 e. The lowest BCUT2D eigenvalue weighted by atomic mass is 9.98. The van der Waals surface area contributed by atoms with E-state index in [2.05, 4.69) is 0 Å². The van der Waals surface area contributed by atoms with E-state index in [0.29, 0.717) is 0 Å². The molecule has 2 rings (SSSR count). The summed E-state index contributed by atoms with van der Waals surface area (Å²) in [5, 5.41) is 27.3. The van der Waals surface area contributed by atoms with Crippen molar-refractivity contribution >= 4 is 32.8 Å². The molecular weight excluding hydrogens is 304 g/mol. The molecule has 8 nitrogen and oxygen atoms in total. The molecule has 0 unspecified atom stereocenters. The van der Waals surface area contributed by atoms with Gasteiger partial charge in [-0.1, -0.05) is 12.1 Å². The monoisotopic (exact) mass is 312 g/mol. The first-order valence-corrected chi connectivity index (χ1v) is 6.81. The number of aromatic hydroxyl groups is 1. The van der Waals surface area contributed by atoms with E-state index in [1.807, 2.05) is 0 Å². The Morgan fingerprint density at radius 3 is 2.05 bits per heavy atom. The summed E-state index contributed by atoms with van der Waals surface area (Å²) >= 11 is 0. The fourth-order valence-corrected chi connectivity index (χ4v) is 2.78. The van der Waals surface area contributed by atoms with Gasteiger partial charge in [-0.15, -0.1) is 0 Å². The molecule has 0 aromatic heterocycles. The van der Waals surface area contributed by atoms with Crippen molar-refractivity contribution in [2.45, 2.75) is 4.90 Å². The summed E-state index contributed by atoms with van der Waals surface area (Å²) in [6, 6.07) is 4.35. The van der Waals surface area contributed by atoms with Crippen LogP contribution in [0, 0.1) is 0 Å². The average molecular weight is 312 g/mol. The van der Waals surface area contributed by atoms with Crippen LogP contribution in [0.25, 0.3) is 10.8 Å². The number of aromatic carboxylic acids is 2. The molecular formula is C12H8O8S. The molecule has 0 atom stereocenters. The molecule has 0 saturated heterocycles. The van der Waals surface area contributed by atoms with Gasteiger partial charge in [0.15, 0.2) is 0 Å². The Balaban J connectivity index is 3.18. The molecule has 2 aromatic carbocycles. The number of hydrogen-bond acceptors (Lipinski definition) is 5. The third kappa shape index (κ3) is 2.39. The number of carboxylic acid groups (broad SMARTS) is 2. The minimum absolute atomic E-state index is 0.0370. The zero-order valence-corrected chi connectivity index (χ0v) is 11.0. The lowest BCUT2D eigenvalue weighted by Gasteiger charge is -2.11. The number of hydrogen-bond donors (Lipinski definition) is 4. The zero-order valence-electron chi connectivity index (χ0n) is 10.1. The number of carboxylic acids is 2. The summed E-state index contributed by atoms with van der Waals surface area (Å²) in [4.78, 5) is 21.7. The van der Waals surface area contributed by atoms with Crippen molar-refractivity contribution in [3.63, 3.8) is 0 Å². The number of benzene rings is 2. The second-order valence-electron chi connectivity index (χ2n) is 4.09. The van der Waals surface area contributed by atoms with Gasteiger partial charge in [-0.05, 0) is 17.5 Å². The van der Waals surface area contributed by atoms with Crippen LogP contribution in [0.5, 0.6) is 5.75 Å². The van der Waals surface area contributed by atoms with Crippen LogP contribution in [0.4, 0.5) is 0 Å². The smallest absolute Gasteiger partial charge is 0.340 e. The Morgan fingerprint density at radius 1 is 1.00 bits per heavy atom. The van der Waals surface area contributed by atoms with E-state index in [9.17, 15) is 28.2 Å². The molecule has 0 amide bonds. The second kappa shape index (κ2) is 4.72. The van der Waals surface area contributed by atoms with Gasteiger partial charge in [0.2, 0.25) is 0 Å². The van der Waals surface area contributed by atoms with Crippen LogP contribution in [-0.2, 0) is 10.1 Å². The highest BCUT2D eigenvalue weighted by atomic mass is 32.2. The number of carbonyl (C=O) groups is 2. The van der Waals surface area contributed by atoms with Crippen LogP contribution in [0.3, 0.4) is 0 Å². The van der Waals surface area contributed by atoms with Gasteiger partial charge in [0.25, 0.3) is 10.1 Å². The van der Waals surface area contributed by atoms with Crippen LogP contribution in [0.1, 0.15) is 20.7 Å². The highest BCUT2D eigenvalue weighted by molar-refractivity contribution is 7.86. The van der Waals surface area contributed by atoms with Gasteiger partial charge in [0.05, 0.1) is 5.56 Å². The fourth-order valence-electron chi connectivity index (χ4n) is 2.05. The van der Waals surface area contributed by atoms with Gasteiger partial charge in [0.1, 0.15) is 16.2 Å². The molecule has 110 valence electrons. The molecule has 2 aromatic rings. The van der Waals surface area contributed by atoms with Crippen LogP contribution < -0.4 is 0 Å². The molecule has 0 aliphatic carbocycles. The van der Waals surface area contributed by atoms with Crippen LogP contribution in [0.2, 0.25) is 0 Å². The topological polar surface area (TPSA) is 149 Å². The Morgan fingerprint density at radius 2 is 1.57 bits per heavy atom. The lowest BCUT2D eigenvalue weighted by Crippen LogP contribution is -2.11. The van der Waals surface area contributed by atoms with Gasteiger partial charge < -0.3 is 15.3 Å². The van der Waals surface area contributed by atoms with Gasteiger partial charge >= 0.3 is 11.9 Å². The maximum absolute atomic E-state index is 11.3. The van der Waals surface area contributed by atoms with Crippen molar-refractivity contribution in [1.82, 2.24) is 0 Å². The summed E-state index contributed by atoms with van der Waals surface area (Å²) in [5.41, 5.74) is -1.86. The lowest BCUT2D eigenvalue weighted by molar-refractivity contribution is 0.0650. The largest absolute Gasteiger partial charge is 0.507 e. The van der Waals surface area contributed by atoms with Crippen LogP contribution in [-0.4, -0.2) is 40.2 Å². The minimum atomic E-state index is -4.78. The van der Waals surface area contributed by atoms with Crippen molar-refractivity contribution in [2.75, 3.05) is 0 Å². The maximum Gasteiger partial charge on any atom is 0.340 e. The standard InChI is InChI=1S/C12H8O8S/c13-6-4-5-2-1-3-7(21(18,19)20)8(5)10(12(16)17)9(6)11(14)15/h1-4,13H,(H,14,15)(H,16,17)(H,18,19,20). The summed E-state index contributed by atoms with van der Waals surface area (Å²) in [6.45, 7) is 0. The molecule has 0 heterocycles. The van der Waals surface area contributed by atoms with E-state index >= 15 is 0 Å². The van der Waals surface area contributed by atoms with Gasteiger partial charge in [-0.2, -0.15) is 8.42 Å². The summed E-state index contributed by atoms with van der Waals surface area (Å²) in [6.07, 6.45) is 0. The Bertz CT molecular complexity index is 882. The molecule has 0 spiro atoms. The van der Waals surface area contributed by atoms with E-state index in [0.717, 1.165) is 12.1 Å². The van der Waals surface area contributed by atoms with Crippen molar-refractivity contribution in [3.8, 4) is 5.75 Å². The molecule has 0 fully saturated rings. The Labute approximate surface area is 117 Å². The Kier molecular flexibility index (Phi) is 3.32. The molecule has 0 aliphatic rings. The molecule has 4 N–H and O–H groups in total. The maximum atomic E-state index is 11.3. The first-order valence-electron chi connectivity index (χ1n) is 5.37. The zero-order chi connectivity index (χ0) is 15.9. The molecule has 0 saturated carbocycles. The molecule has 21 heavy (non-hydrogen) atoms. The average Bonchev–Trinajstić information content (AvgIpc) is 2.34. The number of rotatable bonds is 3. The normalized spacial score (nSPS) is 11.5. The van der Waals surface area contributed by atoms with E-state index in [1.165, 1.54) is 12.1 Å². The van der Waals surface area contributed by atoms with Gasteiger partial charge in [0, 0.05) is 5.39 Å². The van der Waals surface area contributed by atoms with E-state index in [1.54, 1.807) is 0 Å². The van der Waals surface area contributed by atoms with E-state index in [4.69, 9.17) is 9.66 Å². The highest BCUT2D eigenvalue weighted by Gasteiger charge is 2.28. The van der Waals surface area contributed by atoms with Crippen LogP contribution >= 0.6 is 0 Å². The first-order chi connectivity index (χ1) is 9.64. The highest BCUT2D eigenvalue weighted by Crippen LogP contribution is 2.34. The third-order valence-corrected chi connectivity index (χ3v) is 3.71. The fraction of sp³-hybridized carbons (Fsp3) is 0. The second-order valence-corrected chi connectivity index (χ2v) is 5.48. The van der Waals surface area contributed by atoms with Gasteiger partial charge in [-0.25, -0.2) is 9.59 Å². The predicted octanol–water partition coefficient (Wildman–Crippen LogP) is 1.19. The molecule has 0 bridgehead atoms. The van der Waals surface area contributed by atoms with Gasteiger partial charge in [-0.3, -0.25) is 4.55 Å². The van der Waals surface area contributed by atoms with E-state index < -0.39 is 49.2 Å². The quantitative estimate of drug-likeness (QED) is 0.617. The number of fused-ring (bicyclic) bond motifs is 1. The SMILES string of the molecule is O=C(O)c1c(O)cc2cccc(S(=O)(=O)O)c2c1C(=O)O. The predicted molar refractivity (Wildman–Crippen MR) is 69.3 cm³/mol. The van der Waals surface area contributed by atoms with Crippen molar-refractivity contribution in [2.24, 2.45) is 0 Å². The van der Waals surface area contributed by atoms with Crippen molar-refractivity contribution in [1.29, 1.82) is 0 Å².